The van der Waals surface area contributed by atoms with E-state index in [2.05, 4.69) is 20.9 Å². The second-order valence-electron chi connectivity index (χ2n) is 23.5. The van der Waals surface area contributed by atoms with Gasteiger partial charge in [0.15, 0.2) is 17.2 Å². The molecular weight excluding hydrogens is 1060 g/mol. The maximum Gasteiger partial charge on any atom is 0.352 e. The summed E-state index contributed by atoms with van der Waals surface area (Å²) in [5.74, 6) is -2.29. The number of anilines is 2. The van der Waals surface area contributed by atoms with E-state index in [0.29, 0.717) is 53.1 Å². The number of aromatic nitrogens is 2. The number of ether oxygens (including phenoxy) is 3. The molecule has 0 saturated carbocycles. The molecule has 2 atom stereocenters. The molecule has 0 spiro atoms. The quantitative estimate of drug-likeness (QED) is 0.0621. The average molecular weight is 1130 g/mol. The summed E-state index contributed by atoms with van der Waals surface area (Å²) >= 11 is 8.03. The number of imidazole rings is 1. The minimum absolute atomic E-state index is 0.0314. The van der Waals surface area contributed by atoms with E-state index >= 15 is 0 Å². The van der Waals surface area contributed by atoms with Crippen LogP contribution in [0.15, 0.2) is 71.5 Å². The lowest BCUT2D eigenvalue weighted by Gasteiger charge is -2.45. The van der Waals surface area contributed by atoms with Gasteiger partial charge < -0.3 is 24.8 Å². The Morgan fingerprint density at radius 3 is 2.22 bits per heavy atom. The van der Waals surface area contributed by atoms with E-state index in [-0.39, 0.29) is 82.8 Å². The predicted molar refractivity (Wildman–Crippen MR) is 303 cm³/mol. The minimum atomic E-state index is -3.81. The summed E-state index contributed by atoms with van der Waals surface area (Å²) in [6.07, 6.45) is 3.06. The number of benzene rings is 3. The zero-order chi connectivity index (χ0) is 56.6. The molecule has 0 bridgehead atoms. The maximum absolute atomic E-state index is 14.2. The number of imide groups is 1. The van der Waals surface area contributed by atoms with Crippen molar-refractivity contribution in [3.8, 4) is 16.2 Å². The van der Waals surface area contributed by atoms with Crippen LogP contribution in [0.2, 0.25) is 5.02 Å². The Morgan fingerprint density at radius 1 is 0.859 bits per heavy atom. The molecular formula is C57H72ClN7O11S2. The number of nitrogens with zero attached hydrogens (tertiary/aromatic N) is 4. The van der Waals surface area contributed by atoms with Crippen molar-refractivity contribution in [2.45, 2.75) is 154 Å². The van der Waals surface area contributed by atoms with Crippen molar-refractivity contribution >= 4 is 85.0 Å². The fourth-order valence-electron chi connectivity index (χ4n) is 10.8. The second kappa shape index (κ2) is 23.0. The lowest BCUT2D eigenvalue weighted by molar-refractivity contribution is -0.157. The number of rotatable bonds is 16. The number of piperidine rings is 3. The van der Waals surface area contributed by atoms with Crippen LogP contribution in [-0.4, -0.2) is 112 Å². The van der Waals surface area contributed by atoms with Crippen molar-refractivity contribution in [1.82, 2.24) is 23.7 Å². The smallest absolute Gasteiger partial charge is 0.352 e. The van der Waals surface area contributed by atoms with Gasteiger partial charge in [-0.2, -0.15) is 4.31 Å². The van der Waals surface area contributed by atoms with Crippen molar-refractivity contribution < 1.29 is 46.6 Å². The third-order valence-electron chi connectivity index (χ3n) is 14.0. The van der Waals surface area contributed by atoms with Crippen molar-refractivity contribution in [1.29, 1.82) is 0 Å². The minimum Gasteiger partial charge on any atom is -0.479 e. The highest BCUT2D eigenvalue weighted by Crippen LogP contribution is 2.47. The molecule has 1 unspecified atom stereocenters. The summed E-state index contributed by atoms with van der Waals surface area (Å²) in [7, 11) is -3.81. The van der Waals surface area contributed by atoms with Crippen LogP contribution in [0.3, 0.4) is 0 Å². The van der Waals surface area contributed by atoms with Crippen molar-refractivity contribution in [2.75, 3.05) is 43.4 Å². The van der Waals surface area contributed by atoms with E-state index in [1.165, 1.54) is 4.57 Å². The molecule has 3 amide bonds. The molecule has 2 aromatic heterocycles. The van der Waals surface area contributed by atoms with Crippen molar-refractivity contribution in [2.24, 2.45) is 0 Å². The van der Waals surface area contributed by atoms with E-state index < -0.39 is 57.3 Å². The Morgan fingerprint density at radius 2 is 1.55 bits per heavy atom. The molecule has 5 heterocycles. The molecule has 0 radical (unpaired) electrons. The number of fused-ring (bicyclic) bond motifs is 1. The Labute approximate surface area is 465 Å². The number of amides is 3. The number of esters is 2. The Hall–Kier alpha value is -6.06. The van der Waals surface area contributed by atoms with E-state index in [1.807, 2.05) is 70.2 Å². The SMILES string of the molecule is CC(C)n1c(=O)n(C2CCC(=O)NC2=O)c2ccc(C3CCN(CC(=O)Nc4cccc(CS(=O)(=O)N5CC[C@H](Nc6cccc(-c7sc(C(=O)OC(C)(C)C)c(OCC(=O)OC(C)(C)C)c7Cl)c6)CC5(C)C)c4)CC3)cc21. The predicted octanol–water partition coefficient (Wildman–Crippen LogP) is 9.42. The second-order valence-corrected chi connectivity index (χ2v) is 26.8. The number of hydrogen-bond acceptors (Lipinski definition) is 14. The highest BCUT2D eigenvalue weighted by molar-refractivity contribution is 7.88. The highest BCUT2D eigenvalue weighted by atomic mass is 35.5. The number of nitrogens with one attached hydrogen (secondary N) is 3. The largest absolute Gasteiger partial charge is 0.479 e. The summed E-state index contributed by atoms with van der Waals surface area (Å²) in [5.41, 5.74) is 2.44. The third-order valence-corrected chi connectivity index (χ3v) is 17.8. The van der Waals surface area contributed by atoms with Crippen molar-refractivity contribution in [3.05, 3.63) is 98.2 Å². The van der Waals surface area contributed by atoms with Gasteiger partial charge in [0.1, 0.15) is 22.3 Å². The van der Waals surface area contributed by atoms with Crippen LogP contribution in [0.5, 0.6) is 5.75 Å². The van der Waals surface area contributed by atoms with Crippen LogP contribution in [0.25, 0.3) is 21.5 Å². The fraction of sp³-hybridized carbons (Fsp3) is 0.509. The zero-order valence-corrected chi connectivity index (χ0v) is 48.5. The van der Waals surface area contributed by atoms with Gasteiger partial charge in [-0.25, -0.2) is 22.8 Å². The van der Waals surface area contributed by atoms with Gasteiger partial charge in [-0.05, 0) is 173 Å². The molecule has 3 aliphatic rings. The van der Waals surface area contributed by atoms with E-state index in [1.54, 1.807) is 74.7 Å². The summed E-state index contributed by atoms with van der Waals surface area (Å²) in [6.45, 7) is 19.5. The normalized spacial score (nSPS) is 18.9. The number of likely N-dealkylation sites (tertiary alicyclic amines) is 1. The lowest BCUT2D eigenvalue weighted by Crippen LogP contribution is -2.55. The molecule has 5 aromatic rings. The summed E-state index contributed by atoms with van der Waals surface area (Å²) < 4.78 is 50.1. The molecule has 0 aliphatic carbocycles. The number of sulfonamides is 1. The van der Waals surface area contributed by atoms with Gasteiger partial charge in [0.2, 0.25) is 27.7 Å². The van der Waals surface area contributed by atoms with Crippen LogP contribution in [0.1, 0.15) is 147 Å². The fourth-order valence-corrected chi connectivity index (χ4v) is 14.2. The topological polar surface area (TPSA) is 217 Å². The van der Waals surface area contributed by atoms with Crippen molar-refractivity contribution in [3.63, 3.8) is 0 Å². The number of carbonyl (C=O) groups is 5. The van der Waals surface area contributed by atoms with Crippen LogP contribution in [0, 0.1) is 0 Å². The average Bonchev–Trinajstić information content (AvgIpc) is 4.02. The Kier molecular flexibility index (Phi) is 17.1. The lowest BCUT2D eigenvalue weighted by atomic mass is 9.89. The highest BCUT2D eigenvalue weighted by Gasteiger charge is 2.42. The molecule has 18 nitrogen and oxygen atoms in total. The third kappa shape index (κ3) is 13.7. The summed E-state index contributed by atoms with van der Waals surface area (Å²) in [5, 5.41) is 9.11. The van der Waals surface area contributed by atoms with Gasteiger partial charge in [-0.1, -0.05) is 41.9 Å². The molecule has 3 aliphatic heterocycles. The standard InChI is InChI=1S/C57H72ClN7O11S2/c1-34(2)64-44-29-37(17-18-42(44)65(54(64)71)43-19-20-45(66)61-52(43)69)36-21-24-62(25-22-36)31-46(67)60-39-15-11-13-35(27-39)33-78(72,73)63-26-23-41(30-57(63,9)10)59-40-16-12-14-38(28-40)50-48(58)49(74-32-47(68)75-55(3,4)5)51(77-50)53(70)76-56(6,7)8/h11-18,27-29,34,36,41,43,59H,19-26,30-33H2,1-10H3,(H,60,67)(H,61,66,69)/t41-,43?/m0/s1. The summed E-state index contributed by atoms with van der Waals surface area (Å²) in [4.78, 5) is 80.6. The van der Waals surface area contributed by atoms with Crippen LogP contribution in [-0.2, 0) is 44.4 Å². The van der Waals surface area contributed by atoms with Gasteiger partial charge in [-0.3, -0.25) is 33.7 Å². The number of halogens is 1. The first-order valence-electron chi connectivity index (χ1n) is 26.5. The van der Waals surface area contributed by atoms with Gasteiger partial charge in [0.25, 0.3) is 0 Å². The number of hydrogen-bond donors (Lipinski definition) is 3. The number of carbonyl (C=O) groups excluding carboxylic acids is 5. The first-order chi connectivity index (χ1) is 36.6. The van der Waals surface area contributed by atoms with Crippen LogP contribution >= 0.6 is 22.9 Å². The van der Waals surface area contributed by atoms with Gasteiger partial charge >= 0.3 is 17.6 Å². The van der Waals surface area contributed by atoms with Gasteiger partial charge in [0, 0.05) is 42.0 Å². The van der Waals surface area contributed by atoms with Gasteiger partial charge in [0.05, 0.1) is 28.2 Å². The van der Waals surface area contributed by atoms with E-state index in [0.717, 1.165) is 40.9 Å². The molecule has 3 fully saturated rings. The van der Waals surface area contributed by atoms with E-state index in [4.69, 9.17) is 25.8 Å². The molecule has 420 valence electrons. The molecule has 8 rings (SSSR count). The summed E-state index contributed by atoms with van der Waals surface area (Å²) in [6, 6.07) is 19.5. The first-order valence-corrected chi connectivity index (χ1v) is 29.3. The van der Waals surface area contributed by atoms with Crippen LogP contribution in [0.4, 0.5) is 11.4 Å². The monoisotopic (exact) mass is 1130 g/mol. The van der Waals surface area contributed by atoms with E-state index in [9.17, 15) is 37.2 Å². The molecule has 3 saturated heterocycles. The number of thiophene rings is 1. The van der Waals surface area contributed by atoms with Crippen LogP contribution < -0.4 is 26.4 Å². The zero-order valence-electron chi connectivity index (χ0n) is 46.1. The maximum atomic E-state index is 14.2. The molecule has 3 aromatic carbocycles. The Balaban J connectivity index is 0.855. The molecule has 78 heavy (non-hydrogen) atoms. The first kappa shape index (κ1) is 58.1. The Bertz CT molecular complexity index is 3290. The van der Waals surface area contributed by atoms with Gasteiger partial charge in [-0.15, -0.1) is 11.3 Å². The molecule has 21 heteroatoms. The molecule has 3 N–H and O–H groups in total.